The second kappa shape index (κ2) is 8.73. The van der Waals surface area contributed by atoms with Crippen LogP contribution in [0.15, 0.2) is 59.8 Å². The molecule has 0 aliphatic rings. The largest absolute Gasteiger partial charge is 0.368 e. The summed E-state index contributed by atoms with van der Waals surface area (Å²) >= 11 is 7.37. The van der Waals surface area contributed by atoms with Crippen molar-refractivity contribution in [3.63, 3.8) is 0 Å². The average Bonchev–Trinajstić information content (AvgIpc) is 2.98. The molecule has 0 aliphatic carbocycles. The summed E-state index contributed by atoms with van der Waals surface area (Å²) in [6.45, 7) is 0.0507. The van der Waals surface area contributed by atoms with E-state index in [0.29, 0.717) is 15.9 Å². The third-order valence-electron chi connectivity index (χ3n) is 3.64. The van der Waals surface area contributed by atoms with Crippen LogP contribution in [0.3, 0.4) is 0 Å². The number of rotatable bonds is 7. The molecule has 3 N–H and O–H groups in total. The van der Waals surface area contributed by atoms with E-state index in [1.807, 2.05) is 18.2 Å². The molecule has 26 heavy (non-hydrogen) atoms. The first-order valence-electron chi connectivity index (χ1n) is 8.02. The standard InChI is InChI=1S/C18H18ClN5OS/c19-14-6-8-15(9-7-14)21-16(25)12-24-17(20)22-23-18(24)26-11-10-13-4-2-1-3-5-13/h1-9H,10-12H2,(H2,20,22)(H,21,25). The Labute approximate surface area is 160 Å². The molecular formula is C18H18ClN5OS. The van der Waals surface area contributed by atoms with Crippen molar-refractivity contribution in [3.05, 3.63) is 65.2 Å². The Kier molecular flexibility index (Phi) is 6.14. The molecule has 8 heteroatoms. The lowest BCUT2D eigenvalue weighted by atomic mass is 10.2. The molecule has 3 aromatic rings. The lowest BCUT2D eigenvalue weighted by molar-refractivity contribution is -0.116. The van der Waals surface area contributed by atoms with Crippen molar-refractivity contribution < 1.29 is 4.79 Å². The first kappa shape index (κ1) is 18.3. The number of benzene rings is 2. The van der Waals surface area contributed by atoms with Crippen molar-refractivity contribution in [1.29, 1.82) is 0 Å². The first-order valence-corrected chi connectivity index (χ1v) is 9.39. The number of thioether (sulfide) groups is 1. The van der Waals surface area contributed by atoms with Gasteiger partial charge in [-0.1, -0.05) is 53.7 Å². The molecule has 0 fully saturated rings. The Morgan fingerprint density at radius 1 is 1.12 bits per heavy atom. The Hall–Kier alpha value is -2.51. The van der Waals surface area contributed by atoms with Crippen molar-refractivity contribution in [3.8, 4) is 0 Å². The van der Waals surface area contributed by atoms with Gasteiger partial charge in [-0.05, 0) is 36.2 Å². The Morgan fingerprint density at radius 3 is 2.58 bits per heavy atom. The monoisotopic (exact) mass is 387 g/mol. The normalized spacial score (nSPS) is 10.7. The van der Waals surface area contributed by atoms with Crippen LogP contribution in [0.1, 0.15) is 5.56 Å². The molecule has 1 aromatic heterocycles. The molecule has 2 aromatic carbocycles. The van der Waals surface area contributed by atoms with Gasteiger partial charge >= 0.3 is 0 Å². The summed E-state index contributed by atoms with van der Waals surface area (Å²) in [5, 5.41) is 12.0. The molecule has 0 bridgehead atoms. The quantitative estimate of drug-likeness (QED) is 0.606. The zero-order valence-electron chi connectivity index (χ0n) is 13.9. The fourth-order valence-corrected chi connectivity index (χ4v) is 3.40. The van der Waals surface area contributed by atoms with Crippen molar-refractivity contribution in [2.45, 2.75) is 18.1 Å². The summed E-state index contributed by atoms with van der Waals surface area (Å²) in [5.74, 6) is 0.836. The van der Waals surface area contributed by atoms with Crippen molar-refractivity contribution in [2.24, 2.45) is 0 Å². The van der Waals surface area contributed by atoms with Crippen LogP contribution in [-0.2, 0) is 17.8 Å². The summed E-state index contributed by atoms with van der Waals surface area (Å²) in [7, 11) is 0. The van der Waals surface area contributed by atoms with E-state index >= 15 is 0 Å². The van der Waals surface area contributed by atoms with Crippen LogP contribution in [0.2, 0.25) is 5.02 Å². The third kappa shape index (κ3) is 5.00. The molecule has 1 amide bonds. The van der Waals surface area contributed by atoms with Gasteiger partial charge in [0.25, 0.3) is 0 Å². The highest BCUT2D eigenvalue weighted by Crippen LogP contribution is 2.20. The van der Waals surface area contributed by atoms with Gasteiger partial charge < -0.3 is 11.1 Å². The molecule has 0 unspecified atom stereocenters. The molecule has 0 aliphatic heterocycles. The molecule has 3 rings (SSSR count). The summed E-state index contributed by atoms with van der Waals surface area (Å²) < 4.78 is 1.61. The predicted molar refractivity (Wildman–Crippen MR) is 105 cm³/mol. The minimum atomic E-state index is -0.205. The van der Waals surface area contributed by atoms with E-state index in [1.165, 1.54) is 17.3 Å². The van der Waals surface area contributed by atoms with Crippen molar-refractivity contribution >= 4 is 40.9 Å². The van der Waals surface area contributed by atoms with Crippen LogP contribution >= 0.6 is 23.4 Å². The lowest BCUT2D eigenvalue weighted by Crippen LogP contribution is -2.20. The summed E-state index contributed by atoms with van der Waals surface area (Å²) in [6, 6.07) is 17.1. The molecule has 0 saturated heterocycles. The van der Waals surface area contributed by atoms with Gasteiger partial charge in [-0.25, -0.2) is 0 Å². The van der Waals surface area contributed by atoms with Crippen molar-refractivity contribution in [2.75, 3.05) is 16.8 Å². The third-order valence-corrected chi connectivity index (χ3v) is 4.86. The topological polar surface area (TPSA) is 85.8 Å². The number of nitrogen functional groups attached to an aromatic ring is 1. The van der Waals surface area contributed by atoms with Crippen LogP contribution in [0.5, 0.6) is 0 Å². The number of hydrogen-bond donors (Lipinski definition) is 2. The molecule has 6 nitrogen and oxygen atoms in total. The number of nitrogens with zero attached hydrogens (tertiary/aromatic N) is 3. The zero-order valence-corrected chi connectivity index (χ0v) is 15.5. The Balaban J connectivity index is 1.58. The van der Waals surface area contributed by atoms with E-state index in [1.54, 1.807) is 28.8 Å². The number of anilines is 2. The average molecular weight is 388 g/mol. The summed E-state index contributed by atoms with van der Waals surface area (Å²) in [6.07, 6.45) is 0.898. The number of nitrogens with two attached hydrogens (primary N) is 1. The minimum Gasteiger partial charge on any atom is -0.368 e. The smallest absolute Gasteiger partial charge is 0.244 e. The molecule has 0 atom stereocenters. The van der Waals surface area contributed by atoms with Gasteiger partial charge in [0.2, 0.25) is 11.9 Å². The second-order valence-electron chi connectivity index (χ2n) is 5.57. The van der Waals surface area contributed by atoms with Crippen LogP contribution in [0.4, 0.5) is 11.6 Å². The maximum absolute atomic E-state index is 12.3. The fourth-order valence-electron chi connectivity index (χ4n) is 2.34. The van der Waals surface area contributed by atoms with Crippen LogP contribution in [0.25, 0.3) is 0 Å². The van der Waals surface area contributed by atoms with Crippen LogP contribution < -0.4 is 11.1 Å². The van der Waals surface area contributed by atoms with E-state index in [-0.39, 0.29) is 18.4 Å². The molecule has 0 saturated carbocycles. The van der Waals surface area contributed by atoms with Crippen LogP contribution in [-0.4, -0.2) is 26.4 Å². The van der Waals surface area contributed by atoms with Gasteiger partial charge in [0.15, 0.2) is 5.16 Å². The highest BCUT2D eigenvalue weighted by molar-refractivity contribution is 7.99. The lowest BCUT2D eigenvalue weighted by Gasteiger charge is -2.09. The number of carbonyl (C=O) groups excluding carboxylic acids is 1. The number of nitrogens with one attached hydrogen (secondary N) is 1. The van der Waals surface area contributed by atoms with Gasteiger partial charge in [-0.15, -0.1) is 10.2 Å². The number of hydrogen-bond acceptors (Lipinski definition) is 5. The van der Waals surface area contributed by atoms with E-state index in [9.17, 15) is 4.79 Å². The summed E-state index contributed by atoms with van der Waals surface area (Å²) in [4.78, 5) is 12.3. The van der Waals surface area contributed by atoms with E-state index in [4.69, 9.17) is 17.3 Å². The maximum Gasteiger partial charge on any atom is 0.244 e. The summed E-state index contributed by atoms with van der Waals surface area (Å²) in [5.41, 5.74) is 7.78. The Bertz CT molecular complexity index is 867. The molecular weight excluding hydrogens is 370 g/mol. The number of halogens is 1. The van der Waals surface area contributed by atoms with Gasteiger partial charge in [0.1, 0.15) is 6.54 Å². The van der Waals surface area contributed by atoms with Gasteiger partial charge in [-0.3, -0.25) is 9.36 Å². The first-order chi connectivity index (χ1) is 12.6. The number of aryl methyl sites for hydroxylation is 1. The van der Waals surface area contributed by atoms with E-state index < -0.39 is 0 Å². The second-order valence-corrected chi connectivity index (χ2v) is 7.06. The molecule has 134 valence electrons. The van der Waals surface area contributed by atoms with Gasteiger partial charge in [-0.2, -0.15) is 0 Å². The molecule has 1 heterocycles. The zero-order chi connectivity index (χ0) is 18.4. The highest BCUT2D eigenvalue weighted by Gasteiger charge is 2.14. The minimum absolute atomic E-state index is 0.0507. The SMILES string of the molecule is Nc1nnc(SCCc2ccccc2)n1CC(=O)Nc1ccc(Cl)cc1. The maximum atomic E-state index is 12.3. The number of aromatic nitrogens is 3. The molecule has 0 radical (unpaired) electrons. The van der Waals surface area contributed by atoms with E-state index in [2.05, 4.69) is 27.6 Å². The van der Waals surface area contributed by atoms with Gasteiger partial charge in [0.05, 0.1) is 0 Å². The number of carbonyl (C=O) groups is 1. The van der Waals surface area contributed by atoms with Crippen molar-refractivity contribution in [1.82, 2.24) is 14.8 Å². The highest BCUT2D eigenvalue weighted by atomic mass is 35.5. The van der Waals surface area contributed by atoms with Gasteiger partial charge in [0, 0.05) is 16.5 Å². The van der Waals surface area contributed by atoms with Crippen LogP contribution in [0, 0.1) is 0 Å². The predicted octanol–water partition coefficient (Wildman–Crippen LogP) is 3.49. The Morgan fingerprint density at radius 2 is 1.85 bits per heavy atom. The fraction of sp³-hybridized carbons (Fsp3) is 0.167. The van der Waals surface area contributed by atoms with E-state index in [0.717, 1.165) is 12.2 Å². The number of amides is 1. The molecule has 0 spiro atoms.